The summed E-state index contributed by atoms with van der Waals surface area (Å²) >= 11 is 6.08. The molecule has 1 aromatic heterocycles. The van der Waals surface area contributed by atoms with E-state index >= 15 is 0 Å². The van der Waals surface area contributed by atoms with Crippen LogP contribution in [0, 0.1) is 0 Å². The van der Waals surface area contributed by atoms with Crippen molar-refractivity contribution in [1.82, 2.24) is 19.8 Å². The molecule has 10 heteroatoms. The van der Waals surface area contributed by atoms with Crippen LogP contribution < -0.4 is 20.5 Å². The first-order valence-corrected chi connectivity index (χ1v) is 8.97. The summed E-state index contributed by atoms with van der Waals surface area (Å²) in [6, 6.07) is 11.9. The molecule has 1 amide bonds. The number of carbonyl (C=O) groups is 1. The highest BCUT2D eigenvalue weighted by molar-refractivity contribution is 6.32. The van der Waals surface area contributed by atoms with Crippen LogP contribution in [0.2, 0.25) is 5.02 Å². The van der Waals surface area contributed by atoms with Gasteiger partial charge in [-0.2, -0.15) is 9.36 Å². The maximum atomic E-state index is 12.5. The molecule has 0 unspecified atom stereocenters. The Kier molecular flexibility index (Phi) is 4.98. The molecule has 1 N–H and O–H groups in total. The molecule has 0 saturated carbocycles. The largest absolute Gasteiger partial charge is 0.490 e. The van der Waals surface area contributed by atoms with Gasteiger partial charge in [-0.1, -0.05) is 23.7 Å². The van der Waals surface area contributed by atoms with Gasteiger partial charge in [0.25, 0.3) is 0 Å². The van der Waals surface area contributed by atoms with E-state index in [0.717, 1.165) is 15.8 Å². The first-order chi connectivity index (χ1) is 13.6. The third-order valence-corrected chi connectivity index (χ3v) is 4.36. The van der Waals surface area contributed by atoms with Crippen LogP contribution in [-0.4, -0.2) is 38.9 Å². The van der Waals surface area contributed by atoms with Gasteiger partial charge in [0.15, 0.2) is 11.5 Å². The fourth-order valence-electron chi connectivity index (χ4n) is 2.73. The van der Waals surface area contributed by atoms with Gasteiger partial charge in [-0.3, -0.25) is 4.79 Å². The summed E-state index contributed by atoms with van der Waals surface area (Å²) in [4.78, 5) is 24.8. The Hall–Kier alpha value is -3.33. The van der Waals surface area contributed by atoms with E-state index in [4.69, 9.17) is 21.1 Å². The number of hydrogen-bond donors (Lipinski definition) is 1. The molecule has 144 valence electrons. The van der Waals surface area contributed by atoms with Crippen molar-refractivity contribution < 1.29 is 14.3 Å². The van der Waals surface area contributed by atoms with Crippen LogP contribution >= 0.6 is 11.6 Å². The molecule has 3 aromatic rings. The van der Waals surface area contributed by atoms with Crippen molar-refractivity contribution in [2.75, 3.05) is 18.5 Å². The van der Waals surface area contributed by atoms with Gasteiger partial charge in [0.05, 0.1) is 23.9 Å². The lowest BCUT2D eigenvalue weighted by atomic mass is 10.2. The smallest absolute Gasteiger partial charge is 0.369 e. The van der Waals surface area contributed by atoms with Crippen LogP contribution in [0.1, 0.15) is 6.42 Å². The molecule has 9 nitrogen and oxygen atoms in total. The lowest BCUT2D eigenvalue weighted by Crippen LogP contribution is -2.29. The summed E-state index contributed by atoms with van der Waals surface area (Å²) in [6.45, 7) is 0.839. The summed E-state index contributed by atoms with van der Waals surface area (Å²) in [5, 5.41) is 10.6. The topological polar surface area (TPSA) is 100 Å². The third-order valence-electron chi connectivity index (χ3n) is 4.04. The van der Waals surface area contributed by atoms with Gasteiger partial charge in [-0.05, 0) is 34.7 Å². The van der Waals surface area contributed by atoms with Crippen molar-refractivity contribution in [2.45, 2.75) is 13.0 Å². The summed E-state index contributed by atoms with van der Waals surface area (Å²) in [7, 11) is 0. The number of para-hydroxylation sites is 1. The van der Waals surface area contributed by atoms with Gasteiger partial charge < -0.3 is 14.8 Å². The van der Waals surface area contributed by atoms with Crippen LogP contribution in [0.5, 0.6) is 11.5 Å². The molecular formula is C18H16ClN5O4. The number of ether oxygens (including phenoxy) is 2. The van der Waals surface area contributed by atoms with Crippen molar-refractivity contribution in [3.63, 3.8) is 0 Å². The molecule has 0 radical (unpaired) electrons. The van der Waals surface area contributed by atoms with Gasteiger partial charge in [0, 0.05) is 18.2 Å². The first-order valence-electron chi connectivity index (χ1n) is 8.59. The Labute approximate surface area is 164 Å². The minimum atomic E-state index is -0.568. The molecule has 0 fully saturated rings. The quantitative estimate of drug-likeness (QED) is 0.716. The molecule has 2 heterocycles. The third kappa shape index (κ3) is 3.70. The number of nitrogens with one attached hydrogen (secondary N) is 1. The maximum Gasteiger partial charge on any atom is 0.369 e. The van der Waals surface area contributed by atoms with E-state index in [9.17, 15) is 9.59 Å². The Balaban J connectivity index is 1.48. The van der Waals surface area contributed by atoms with Crippen molar-refractivity contribution >= 4 is 23.2 Å². The van der Waals surface area contributed by atoms with Crippen molar-refractivity contribution in [3.8, 4) is 17.2 Å². The number of tetrazole rings is 1. The molecule has 28 heavy (non-hydrogen) atoms. The Bertz CT molecular complexity index is 1080. The second-order valence-corrected chi connectivity index (χ2v) is 6.45. The SMILES string of the molecule is O=C(Cn1nnn(-c2ccccc2Cl)c1=O)Nc1ccc2c(c1)OCCCO2. The van der Waals surface area contributed by atoms with Crippen LogP contribution in [0.15, 0.2) is 47.3 Å². The minimum absolute atomic E-state index is 0.294. The number of anilines is 1. The molecular weight excluding hydrogens is 386 g/mol. The van der Waals surface area contributed by atoms with E-state index in [0.29, 0.717) is 41.1 Å². The van der Waals surface area contributed by atoms with Crippen LogP contribution in [0.4, 0.5) is 5.69 Å². The standard InChI is InChI=1S/C18H16ClN5O4/c19-13-4-1-2-5-14(13)24-18(26)23(21-22-24)11-17(25)20-12-6-7-15-16(10-12)28-9-3-8-27-15/h1-2,4-7,10H,3,8-9,11H2,(H,20,25). The zero-order valence-electron chi connectivity index (χ0n) is 14.7. The van der Waals surface area contributed by atoms with Gasteiger partial charge >= 0.3 is 5.69 Å². The number of benzene rings is 2. The fourth-order valence-corrected chi connectivity index (χ4v) is 2.94. The average molecular weight is 402 g/mol. The number of halogens is 1. The highest BCUT2D eigenvalue weighted by Crippen LogP contribution is 2.32. The zero-order valence-corrected chi connectivity index (χ0v) is 15.4. The molecule has 2 aromatic carbocycles. The predicted octanol–water partition coefficient (Wildman–Crippen LogP) is 1.88. The molecule has 0 bridgehead atoms. The molecule has 1 aliphatic rings. The monoisotopic (exact) mass is 401 g/mol. The van der Waals surface area contributed by atoms with Gasteiger partial charge in [0.1, 0.15) is 6.54 Å². The number of fused-ring (bicyclic) bond motifs is 1. The Morgan fingerprint density at radius 1 is 1.11 bits per heavy atom. The molecule has 0 spiro atoms. The second-order valence-electron chi connectivity index (χ2n) is 6.04. The van der Waals surface area contributed by atoms with Crippen LogP contribution in [0.3, 0.4) is 0 Å². The van der Waals surface area contributed by atoms with Crippen molar-refractivity contribution in [3.05, 3.63) is 58.0 Å². The highest BCUT2D eigenvalue weighted by Gasteiger charge is 2.15. The lowest BCUT2D eigenvalue weighted by molar-refractivity contribution is -0.117. The van der Waals surface area contributed by atoms with E-state index in [-0.39, 0.29) is 6.54 Å². The second kappa shape index (κ2) is 7.73. The van der Waals surface area contributed by atoms with Gasteiger partial charge in [0.2, 0.25) is 5.91 Å². The molecule has 0 saturated heterocycles. The van der Waals surface area contributed by atoms with E-state index in [1.807, 2.05) is 0 Å². The number of rotatable bonds is 4. The normalized spacial score (nSPS) is 13.0. The van der Waals surface area contributed by atoms with Crippen LogP contribution in [0.25, 0.3) is 5.69 Å². The van der Waals surface area contributed by atoms with E-state index < -0.39 is 11.6 Å². The van der Waals surface area contributed by atoms with Crippen molar-refractivity contribution in [2.24, 2.45) is 0 Å². The Morgan fingerprint density at radius 3 is 2.71 bits per heavy atom. The molecule has 1 aliphatic heterocycles. The Morgan fingerprint density at radius 2 is 1.89 bits per heavy atom. The van der Waals surface area contributed by atoms with E-state index in [2.05, 4.69) is 15.7 Å². The fraction of sp³-hybridized carbons (Fsp3) is 0.222. The average Bonchev–Trinajstić information content (AvgIpc) is 2.89. The molecule has 0 atom stereocenters. The number of nitrogens with zero attached hydrogens (tertiary/aromatic N) is 4. The highest BCUT2D eigenvalue weighted by atomic mass is 35.5. The van der Waals surface area contributed by atoms with Crippen molar-refractivity contribution in [1.29, 1.82) is 0 Å². The van der Waals surface area contributed by atoms with Crippen LogP contribution in [-0.2, 0) is 11.3 Å². The van der Waals surface area contributed by atoms with E-state index in [1.54, 1.807) is 42.5 Å². The molecule has 0 aliphatic carbocycles. The summed E-state index contributed by atoms with van der Waals surface area (Å²) in [6.07, 6.45) is 0.792. The number of aromatic nitrogens is 4. The van der Waals surface area contributed by atoms with Gasteiger partial charge in [-0.15, -0.1) is 0 Å². The maximum absolute atomic E-state index is 12.5. The predicted molar refractivity (Wildman–Crippen MR) is 101 cm³/mol. The number of amides is 1. The summed E-state index contributed by atoms with van der Waals surface area (Å²) in [5.74, 6) is 0.773. The minimum Gasteiger partial charge on any atom is -0.490 e. The number of carbonyl (C=O) groups excluding carboxylic acids is 1. The summed E-state index contributed by atoms with van der Waals surface area (Å²) < 4.78 is 13.2. The number of hydrogen-bond acceptors (Lipinski definition) is 6. The zero-order chi connectivity index (χ0) is 19.5. The van der Waals surface area contributed by atoms with E-state index in [1.165, 1.54) is 0 Å². The molecule has 4 rings (SSSR count). The first kappa shape index (κ1) is 18.1. The lowest BCUT2D eigenvalue weighted by Gasteiger charge is -2.10. The van der Waals surface area contributed by atoms with Gasteiger partial charge in [-0.25, -0.2) is 4.79 Å². The summed E-state index contributed by atoms with van der Waals surface area (Å²) in [5.41, 5.74) is 0.353.